The molecule has 0 aliphatic carbocycles. The van der Waals surface area contributed by atoms with Gasteiger partial charge in [0.05, 0.1) is 6.61 Å². The van der Waals surface area contributed by atoms with Crippen LogP contribution in [0.25, 0.3) is 0 Å². The number of hydrogen-bond donors (Lipinski definition) is 0. The molecule has 0 bridgehead atoms. The number of amides is 2. The smallest absolute Gasteiger partial charge is 0.410 e. The first-order valence-corrected chi connectivity index (χ1v) is 14.1. The van der Waals surface area contributed by atoms with E-state index in [1.165, 1.54) is 4.90 Å². The maximum atomic E-state index is 12.8. The third kappa shape index (κ3) is 10.0. The SMILES string of the molecule is CN(CCN(CCO[Si](C)(C)C(C)(C)C)C(=O)OCc1ccccc1)C(=O)OC(C)(C)C. The van der Waals surface area contributed by atoms with E-state index in [9.17, 15) is 9.59 Å². The van der Waals surface area contributed by atoms with E-state index in [2.05, 4.69) is 33.9 Å². The predicted molar refractivity (Wildman–Crippen MR) is 130 cm³/mol. The highest BCUT2D eigenvalue weighted by Crippen LogP contribution is 2.36. The molecule has 182 valence electrons. The maximum Gasteiger partial charge on any atom is 0.410 e. The molecule has 0 saturated carbocycles. The Hall–Kier alpha value is -2.06. The summed E-state index contributed by atoms with van der Waals surface area (Å²) in [7, 11) is -0.270. The van der Waals surface area contributed by atoms with Crippen LogP contribution >= 0.6 is 0 Å². The Morgan fingerprint density at radius 3 is 2.03 bits per heavy atom. The molecule has 0 fully saturated rings. The van der Waals surface area contributed by atoms with Crippen molar-refractivity contribution in [3.8, 4) is 0 Å². The first kappa shape index (κ1) is 28.0. The van der Waals surface area contributed by atoms with Crippen LogP contribution in [-0.4, -0.2) is 69.2 Å². The molecule has 32 heavy (non-hydrogen) atoms. The van der Waals surface area contributed by atoms with E-state index in [0.717, 1.165) is 5.56 Å². The number of ether oxygens (including phenoxy) is 2. The average molecular weight is 467 g/mol. The Balaban J connectivity index is 2.74. The van der Waals surface area contributed by atoms with Gasteiger partial charge in [-0.1, -0.05) is 51.1 Å². The standard InChI is InChI=1S/C24H42N2O5Si/c1-23(2,3)31-21(27)25(7)15-16-26(17-18-30-32(8,9)24(4,5)6)22(28)29-19-20-13-11-10-12-14-20/h10-14H,15-19H2,1-9H3. The summed E-state index contributed by atoms with van der Waals surface area (Å²) in [6.45, 7) is 18.0. The molecular weight excluding hydrogens is 424 g/mol. The Kier molecular flexibility index (Phi) is 10.2. The van der Waals surface area contributed by atoms with Crippen molar-refractivity contribution in [3.05, 3.63) is 35.9 Å². The molecule has 0 aliphatic heterocycles. The Morgan fingerprint density at radius 1 is 0.906 bits per heavy atom. The van der Waals surface area contributed by atoms with E-state index in [1.807, 2.05) is 51.1 Å². The topological polar surface area (TPSA) is 68.3 Å². The lowest BCUT2D eigenvalue weighted by Crippen LogP contribution is -2.45. The summed E-state index contributed by atoms with van der Waals surface area (Å²) in [6, 6.07) is 9.55. The largest absolute Gasteiger partial charge is 0.445 e. The molecule has 2 amide bonds. The van der Waals surface area contributed by atoms with Gasteiger partial charge in [-0.3, -0.25) is 0 Å². The summed E-state index contributed by atoms with van der Waals surface area (Å²) in [4.78, 5) is 28.1. The zero-order chi connectivity index (χ0) is 24.6. The summed E-state index contributed by atoms with van der Waals surface area (Å²) in [5.41, 5.74) is 0.348. The molecule has 8 heteroatoms. The van der Waals surface area contributed by atoms with E-state index < -0.39 is 26.1 Å². The number of carbonyl (C=O) groups excluding carboxylic acids is 2. The van der Waals surface area contributed by atoms with Crippen molar-refractivity contribution in [3.63, 3.8) is 0 Å². The average Bonchev–Trinajstić information content (AvgIpc) is 2.67. The Labute approximate surface area is 195 Å². The summed E-state index contributed by atoms with van der Waals surface area (Å²) >= 11 is 0. The zero-order valence-corrected chi connectivity index (χ0v) is 22.4. The molecule has 0 radical (unpaired) electrons. The van der Waals surface area contributed by atoms with E-state index in [0.29, 0.717) is 26.2 Å². The van der Waals surface area contributed by atoms with Crippen LogP contribution in [0.3, 0.4) is 0 Å². The van der Waals surface area contributed by atoms with Crippen LogP contribution < -0.4 is 0 Å². The molecule has 0 heterocycles. The quantitative estimate of drug-likeness (QED) is 0.449. The van der Waals surface area contributed by atoms with E-state index in [1.54, 1.807) is 11.9 Å². The van der Waals surface area contributed by atoms with Crippen molar-refractivity contribution in [2.24, 2.45) is 0 Å². The summed E-state index contributed by atoms with van der Waals surface area (Å²) in [5, 5.41) is 0.0859. The molecule has 1 rings (SSSR count). The lowest BCUT2D eigenvalue weighted by Gasteiger charge is -2.36. The highest BCUT2D eigenvalue weighted by Gasteiger charge is 2.37. The molecule has 0 spiro atoms. The molecule has 0 unspecified atom stereocenters. The third-order valence-electron chi connectivity index (χ3n) is 5.50. The fourth-order valence-corrected chi connectivity index (χ4v) is 3.47. The first-order chi connectivity index (χ1) is 14.6. The monoisotopic (exact) mass is 466 g/mol. The van der Waals surface area contributed by atoms with Crippen LogP contribution in [0.15, 0.2) is 30.3 Å². The van der Waals surface area contributed by atoms with Gasteiger partial charge in [-0.25, -0.2) is 9.59 Å². The van der Waals surface area contributed by atoms with Gasteiger partial charge in [0, 0.05) is 26.7 Å². The van der Waals surface area contributed by atoms with Gasteiger partial charge in [0.25, 0.3) is 0 Å². The summed E-state index contributed by atoms with van der Waals surface area (Å²) in [5.74, 6) is 0. The lowest BCUT2D eigenvalue weighted by molar-refractivity contribution is 0.0271. The van der Waals surface area contributed by atoms with Crippen LogP contribution in [0.1, 0.15) is 47.1 Å². The van der Waals surface area contributed by atoms with Crippen LogP contribution in [0.2, 0.25) is 18.1 Å². The molecule has 7 nitrogen and oxygen atoms in total. The van der Waals surface area contributed by atoms with E-state index >= 15 is 0 Å². The summed E-state index contributed by atoms with van der Waals surface area (Å²) in [6.07, 6.45) is -0.849. The zero-order valence-electron chi connectivity index (χ0n) is 21.4. The van der Waals surface area contributed by atoms with Crippen molar-refractivity contribution in [2.45, 2.75) is 71.9 Å². The molecule has 1 aromatic rings. The van der Waals surface area contributed by atoms with Gasteiger partial charge >= 0.3 is 12.2 Å². The van der Waals surface area contributed by atoms with Gasteiger partial charge in [0.2, 0.25) is 0 Å². The molecule has 0 N–H and O–H groups in total. The second-order valence-electron chi connectivity index (χ2n) is 10.5. The highest BCUT2D eigenvalue weighted by molar-refractivity contribution is 6.74. The minimum Gasteiger partial charge on any atom is -0.445 e. The Bertz CT molecular complexity index is 726. The van der Waals surface area contributed by atoms with Crippen LogP contribution in [0.5, 0.6) is 0 Å². The van der Waals surface area contributed by atoms with Crippen molar-refractivity contribution in [2.75, 3.05) is 33.3 Å². The van der Waals surface area contributed by atoms with Gasteiger partial charge in [0.1, 0.15) is 12.2 Å². The number of likely N-dealkylation sites (N-methyl/N-ethyl adjacent to an activating group) is 1. The number of nitrogens with zero attached hydrogens (tertiary/aromatic N) is 2. The summed E-state index contributed by atoms with van der Waals surface area (Å²) < 4.78 is 17.2. The molecular formula is C24H42N2O5Si. The Morgan fingerprint density at radius 2 is 1.50 bits per heavy atom. The minimum absolute atomic E-state index is 0.0859. The highest BCUT2D eigenvalue weighted by atomic mass is 28.4. The molecule has 1 aromatic carbocycles. The number of hydrogen-bond acceptors (Lipinski definition) is 5. The van der Waals surface area contributed by atoms with Crippen molar-refractivity contribution in [1.82, 2.24) is 9.80 Å². The fraction of sp³-hybridized carbons (Fsp3) is 0.667. The van der Waals surface area contributed by atoms with Crippen LogP contribution in [0.4, 0.5) is 9.59 Å². The van der Waals surface area contributed by atoms with Crippen molar-refractivity contribution < 1.29 is 23.5 Å². The second kappa shape index (κ2) is 11.7. The number of benzene rings is 1. The number of rotatable bonds is 9. The van der Waals surface area contributed by atoms with Gasteiger partial charge in [-0.05, 0) is 44.5 Å². The molecule has 0 aliphatic rings. The predicted octanol–water partition coefficient (Wildman–Crippen LogP) is 5.51. The number of carbonyl (C=O) groups is 2. The van der Waals surface area contributed by atoms with Gasteiger partial charge in [-0.15, -0.1) is 0 Å². The molecule has 0 atom stereocenters. The van der Waals surface area contributed by atoms with Crippen LogP contribution in [-0.2, 0) is 20.5 Å². The lowest BCUT2D eigenvalue weighted by atomic mass is 10.2. The minimum atomic E-state index is -1.93. The van der Waals surface area contributed by atoms with Crippen molar-refractivity contribution in [1.29, 1.82) is 0 Å². The van der Waals surface area contributed by atoms with E-state index in [-0.39, 0.29) is 11.6 Å². The normalized spacial score (nSPS) is 12.3. The van der Waals surface area contributed by atoms with Crippen molar-refractivity contribution >= 4 is 20.5 Å². The third-order valence-corrected chi connectivity index (χ3v) is 10.0. The fourth-order valence-electron chi connectivity index (χ4n) is 2.43. The van der Waals surface area contributed by atoms with Crippen LogP contribution in [0, 0.1) is 0 Å². The first-order valence-electron chi connectivity index (χ1n) is 11.2. The molecule has 0 aromatic heterocycles. The molecule has 0 saturated heterocycles. The second-order valence-corrected chi connectivity index (χ2v) is 15.3. The van der Waals surface area contributed by atoms with Gasteiger partial charge < -0.3 is 23.7 Å². The maximum absolute atomic E-state index is 12.8. The van der Waals surface area contributed by atoms with Gasteiger partial charge in [-0.2, -0.15) is 0 Å². The van der Waals surface area contributed by atoms with Gasteiger partial charge in [0.15, 0.2) is 8.32 Å². The van der Waals surface area contributed by atoms with E-state index in [4.69, 9.17) is 13.9 Å².